The van der Waals surface area contributed by atoms with E-state index in [0.29, 0.717) is 29.0 Å². The largest absolute Gasteiger partial charge is 0.496 e. The standard InChI is InChI=1S/C23H30N2O4/c1-13-19(22(27)29-7)20(15-9-8-14(25(4)5)10-18(15)28-6)21-16(24-13)11-23(2,3)12-17(21)26/h8-10,20,24H,11-12H2,1-7H3. The molecule has 1 atom stereocenters. The molecule has 6 heteroatoms. The predicted molar refractivity (Wildman–Crippen MR) is 113 cm³/mol. The first kappa shape index (κ1) is 21.0. The van der Waals surface area contributed by atoms with E-state index in [4.69, 9.17) is 9.47 Å². The molecule has 1 aromatic rings. The summed E-state index contributed by atoms with van der Waals surface area (Å²) in [5.74, 6) is -0.264. The third-order valence-electron chi connectivity index (χ3n) is 5.69. The van der Waals surface area contributed by atoms with Crippen molar-refractivity contribution in [2.75, 3.05) is 33.2 Å². The highest BCUT2D eigenvalue weighted by atomic mass is 16.5. The number of rotatable bonds is 4. The molecule has 2 aliphatic rings. The maximum Gasteiger partial charge on any atom is 0.336 e. The molecule has 6 nitrogen and oxygen atoms in total. The highest BCUT2D eigenvalue weighted by molar-refractivity contribution is 6.04. The van der Waals surface area contributed by atoms with Gasteiger partial charge in [-0.25, -0.2) is 4.79 Å². The minimum Gasteiger partial charge on any atom is -0.496 e. The van der Waals surface area contributed by atoms with Crippen molar-refractivity contribution in [1.29, 1.82) is 0 Å². The number of nitrogens with one attached hydrogen (secondary N) is 1. The molecule has 156 valence electrons. The Balaban J connectivity index is 2.25. The number of benzene rings is 1. The molecule has 0 radical (unpaired) electrons. The Morgan fingerprint density at radius 1 is 1.21 bits per heavy atom. The van der Waals surface area contributed by atoms with Crippen molar-refractivity contribution in [1.82, 2.24) is 5.32 Å². The summed E-state index contributed by atoms with van der Waals surface area (Å²) in [6, 6.07) is 5.85. The van der Waals surface area contributed by atoms with E-state index in [2.05, 4.69) is 19.2 Å². The second kappa shape index (κ2) is 7.58. The van der Waals surface area contributed by atoms with Gasteiger partial charge in [-0.15, -0.1) is 0 Å². The van der Waals surface area contributed by atoms with Crippen LogP contribution in [-0.2, 0) is 14.3 Å². The average molecular weight is 399 g/mol. The molecule has 0 saturated carbocycles. The van der Waals surface area contributed by atoms with Crippen molar-refractivity contribution in [3.8, 4) is 5.75 Å². The Bertz CT molecular complexity index is 925. The zero-order valence-corrected chi connectivity index (χ0v) is 18.3. The summed E-state index contributed by atoms with van der Waals surface area (Å²) in [6.45, 7) is 6.04. The maximum absolute atomic E-state index is 13.2. The lowest BCUT2D eigenvalue weighted by Gasteiger charge is -2.39. The van der Waals surface area contributed by atoms with Gasteiger partial charge in [0, 0.05) is 54.8 Å². The molecule has 3 rings (SSSR count). The van der Waals surface area contributed by atoms with Crippen LogP contribution in [0.4, 0.5) is 5.69 Å². The van der Waals surface area contributed by atoms with Gasteiger partial charge in [0.15, 0.2) is 5.78 Å². The summed E-state index contributed by atoms with van der Waals surface area (Å²) < 4.78 is 10.8. The first-order valence-electron chi connectivity index (χ1n) is 9.77. The third kappa shape index (κ3) is 3.76. The molecular formula is C23H30N2O4. The summed E-state index contributed by atoms with van der Waals surface area (Å²) in [7, 11) is 6.88. The zero-order valence-electron chi connectivity index (χ0n) is 18.3. The monoisotopic (exact) mass is 398 g/mol. The van der Waals surface area contributed by atoms with E-state index in [0.717, 1.165) is 23.4 Å². The highest BCUT2D eigenvalue weighted by Gasteiger charge is 2.43. The molecule has 1 N–H and O–H groups in total. The number of allylic oxidation sites excluding steroid dienone is 3. The van der Waals surface area contributed by atoms with Gasteiger partial charge in [-0.3, -0.25) is 4.79 Å². The van der Waals surface area contributed by atoms with Crippen molar-refractivity contribution in [3.63, 3.8) is 0 Å². The van der Waals surface area contributed by atoms with E-state index in [9.17, 15) is 9.59 Å². The van der Waals surface area contributed by atoms with Gasteiger partial charge in [0.25, 0.3) is 0 Å². The first-order valence-corrected chi connectivity index (χ1v) is 9.77. The minimum absolute atomic E-state index is 0.0568. The van der Waals surface area contributed by atoms with Crippen LogP contribution in [0.3, 0.4) is 0 Å². The van der Waals surface area contributed by atoms with Crippen molar-refractivity contribution >= 4 is 17.4 Å². The molecule has 0 saturated heterocycles. The fourth-order valence-electron chi connectivity index (χ4n) is 4.34. The lowest BCUT2D eigenvalue weighted by Crippen LogP contribution is -2.38. The lowest BCUT2D eigenvalue weighted by atomic mass is 9.68. The normalized spacial score (nSPS) is 20.8. The van der Waals surface area contributed by atoms with E-state index >= 15 is 0 Å². The van der Waals surface area contributed by atoms with E-state index in [1.165, 1.54) is 7.11 Å². The van der Waals surface area contributed by atoms with Crippen LogP contribution in [0.5, 0.6) is 5.75 Å². The van der Waals surface area contributed by atoms with Gasteiger partial charge in [0.05, 0.1) is 25.7 Å². The second-order valence-electron chi connectivity index (χ2n) is 8.74. The lowest BCUT2D eigenvalue weighted by molar-refractivity contribution is -0.136. The van der Waals surface area contributed by atoms with Gasteiger partial charge in [-0.2, -0.15) is 0 Å². The number of ketones is 1. The van der Waals surface area contributed by atoms with Gasteiger partial charge in [-0.1, -0.05) is 19.9 Å². The number of esters is 1. The van der Waals surface area contributed by atoms with Crippen molar-refractivity contribution in [2.24, 2.45) is 5.41 Å². The fourth-order valence-corrected chi connectivity index (χ4v) is 4.34. The molecule has 0 bridgehead atoms. The number of carbonyl (C=O) groups excluding carboxylic acids is 2. The van der Waals surface area contributed by atoms with Gasteiger partial charge in [0.2, 0.25) is 0 Å². The minimum atomic E-state index is -0.520. The van der Waals surface area contributed by atoms with Crippen molar-refractivity contribution in [2.45, 2.75) is 39.5 Å². The number of anilines is 1. The van der Waals surface area contributed by atoms with Crippen LogP contribution in [0, 0.1) is 5.41 Å². The molecule has 1 heterocycles. The molecule has 1 aromatic carbocycles. The van der Waals surface area contributed by atoms with E-state index in [-0.39, 0.29) is 11.2 Å². The summed E-state index contributed by atoms with van der Waals surface area (Å²) in [6.07, 6.45) is 1.18. The summed E-state index contributed by atoms with van der Waals surface area (Å²) in [5, 5.41) is 3.32. The number of hydrogen-bond donors (Lipinski definition) is 1. The highest BCUT2D eigenvalue weighted by Crippen LogP contribution is 2.48. The smallest absolute Gasteiger partial charge is 0.336 e. The van der Waals surface area contributed by atoms with E-state index < -0.39 is 11.9 Å². The van der Waals surface area contributed by atoms with E-state index in [1.807, 2.05) is 44.1 Å². The second-order valence-corrected chi connectivity index (χ2v) is 8.74. The van der Waals surface area contributed by atoms with Crippen LogP contribution in [0.25, 0.3) is 0 Å². The first-order chi connectivity index (χ1) is 13.6. The predicted octanol–water partition coefficient (Wildman–Crippen LogP) is 3.54. The van der Waals surface area contributed by atoms with Gasteiger partial charge in [-0.05, 0) is 24.8 Å². The number of ether oxygens (including phenoxy) is 2. The Kier molecular flexibility index (Phi) is 5.48. The Morgan fingerprint density at radius 2 is 1.90 bits per heavy atom. The summed E-state index contributed by atoms with van der Waals surface area (Å²) >= 11 is 0. The molecule has 29 heavy (non-hydrogen) atoms. The SMILES string of the molecule is COC(=O)C1=C(C)NC2=C(C(=O)CC(C)(C)C2)C1c1ccc(N(C)C)cc1OC. The van der Waals surface area contributed by atoms with Crippen LogP contribution >= 0.6 is 0 Å². The average Bonchev–Trinajstić information content (AvgIpc) is 2.64. The quantitative estimate of drug-likeness (QED) is 0.783. The van der Waals surface area contributed by atoms with Crippen molar-refractivity contribution < 1.29 is 19.1 Å². The van der Waals surface area contributed by atoms with Crippen molar-refractivity contribution in [3.05, 3.63) is 46.3 Å². The number of Topliss-reactive ketones (excluding diaryl/α,β-unsaturated/α-hetero) is 1. The summed E-state index contributed by atoms with van der Waals surface area (Å²) in [4.78, 5) is 28.0. The van der Waals surface area contributed by atoms with E-state index in [1.54, 1.807) is 7.11 Å². The Hall–Kier alpha value is -2.76. The number of carbonyl (C=O) groups is 2. The van der Waals surface area contributed by atoms with Crippen LogP contribution in [0.1, 0.15) is 45.1 Å². The molecular weight excluding hydrogens is 368 g/mol. The molecule has 1 aliphatic carbocycles. The van der Waals surface area contributed by atoms with Gasteiger partial charge >= 0.3 is 5.97 Å². The Labute approximate surface area is 172 Å². The molecule has 1 unspecified atom stereocenters. The number of dihydropyridines is 1. The van der Waals surface area contributed by atoms with Crippen LogP contribution < -0.4 is 15.0 Å². The van der Waals surface area contributed by atoms with Gasteiger partial charge in [0.1, 0.15) is 5.75 Å². The topological polar surface area (TPSA) is 67.9 Å². The maximum atomic E-state index is 13.2. The van der Waals surface area contributed by atoms with Crippen LogP contribution in [-0.4, -0.2) is 40.1 Å². The number of hydrogen-bond acceptors (Lipinski definition) is 6. The molecule has 0 aromatic heterocycles. The third-order valence-corrected chi connectivity index (χ3v) is 5.69. The van der Waals surface area contributed by atoms with Gasteiger partial charge < -0.3 is 19.7 Å². The van der Waals surface area contributed by atoms with Crippen LogP contribution in [0.15, 0.2) is 40.7 Å². The molecule has 1 aliphatic heterocycles. The molecule has 0 fully saturated rings. The fraction of sp³-hybridized carbons (Fsp3) is 0.478. The zero-order chi connectivity index (χ0) is 21.5. The summed E-state index contributed by atoms with van der Waals surface area (Å²) in [5.41, 5.74) is 4.34. The Morgan fingerprint density at radius 3 is 2.48 bits per heavy atom. The number of nitrogens with zero attached hydrogens (tertiary/aromatic N) is 1. The van der Waals surface area contributed by atoms with Crippen LogP contribution in [0.2, 0.25) is 0 Å². The molecule has 0 amide bonds. The molecule has 0 spiro atoms. The number of methoxy groups -OCH3 is 2.